The van der Waals surface area contributed by atoms with Crippen LogP contribution in [0.4, 0.5) is 5.69 Å². The van der Waals surface area contributed by atoms with Gasteiger partial charge >= 0.3 is 0 Å². The molecule has 0 fully saturated rings. The first-order valence-electron chi connectivity index (χ1n) is 8.96. The maximum atomic E-state index is 12.3. The van der Waals surface area contributed by atoms with Crippen molar-refractivity contribution in [2.24, 2.45) is 0 Å². The zero-order valence-electron chi connectivity index (χ0n) is 15.5. The van der Waals surface area contributed by atoms with E-state index in [0.29, 0.717) is 11.7 Å². The molecule has 0 bridgehead atoms. The number of benzene rings is 2. The summed E-state index contributed by atoms with van der Waals surface area (Å²) in [6.07, 6.45) is 1.10. The first-order valence-corrected chi connectivity index (χ1v) is 8.96. The van der Waals surface area contributed by atoms with Crippen LogP contribution in [0.25, 0.3) is 10.9 Å². The van der Waals surface area contributed by atoms with Crippen molar-refractivity contribution in [2.75, 3.05) is 11.9 Å². The fraction of sp³-hybridized carbons (Fsp3) is 0.273. The van der Waals surface area contributed by atoms with Crippen molar-refractivity contribution in [2.45, 2.75) is 33.1 Å². The molecule has 1 aromatic heterocycles. The van der Waals surface area contributed by atoms with Gasteiger partial charge in [-0.15, -0.1) is 0 Å². The monoisotopic (exact) mass is 348 g/mol. The van der Waals surface area contributed by atoms with E-state index in [2.05, 4.69) is 36.3 Å². The molecule has 3 aromatic rings. The number of amides is 1. The third-order valence-corrected chi connectivity index (χ3v) is 4.58. The molecule has 2 aromatic carbocycles. The van der Waals surface area contributed by atoms with E-state index in [1.165, 1.54) is 5.56 Å². The Morgan fingerprint density at radius 2 is 1.88 bits per heavy atom. The first kappa shape index (κ1) is 17.9. The summed E-state index contributed by atoms with van der Waals surface area (Å²) < 4.78 is 5.61. The molecule has 0 saturated heterocycles. The SMILES string of the molecule is CC[C@H](C)c1ccc(OCC(=O)Nc2cccc3nc(C)ccc23)cc1. The van der Waals surface area contributed by atoms with Crippen LogP contribution in [0.1, 0.15) is 37.4 Å². The van der Waals surface area contributed by atoms with Gasteiger partial charge in [0.05, 0.1) is 11.2 Å². The van der Waals surface area contributed by atoms with Gasteiger partial charge in [0.1, 0.15) is 5.75 Å². The number of carbonyl (C=O) groups is 1. The molecule has 0 unspecified atom stereocenters. The van der Waals surface area contributed by atoms with E-state index in [4.69, 9.17) is 4.74 Å². The fourth-order valence-corrected chi connectivity index (χ4v) is 2.83. The van der Waals surface area contributed by atoms with E-state index < -0.39 is 0 Å². The summed E-state index contributed by atoms with van der Waals surface area (Å²) in [5.74, 6) is 1.03. The second-order valence-electron chi connectivity index (χ2n) is 6.54. The molecule has 1 amide bonds. The van der Waals surface area contributed by atoms with Gasteiger partial charge in [-0.1, -0.05) is 32.0 Å². The Bertz CT molecular complexity index is 904. The number of pyridine rings is 1. The summed E-state index contributed by atoms with van der Waals surface area (Å²) >= 11 is 0. The zero-order chi connectivity index (χ0) is 18.5. The Labute approximate surface area is 154 Å². The lowest BCUT2D eigenvalue weighted by Gasteiger charge is -2.12. The molecule has 1 atom stereocenters. The van der Waals surface area contributed by atoms with Gasteiger partial charge in [-0.2, -0.15) is 0 Å². The maximum absolute atomic E-state index is 12.3. The molecule has 4 nitrogen and oxygen atoms in total. The van der Waals surface area contributed by atoms with Gasteiger partial charge in [0.25, 0.3) is 5.91 Å². The fourth-order valence-electron chi connectivity index (χ4n) is 2.83. The van der Waals surface area contributed by atoms with Crippen LogP contribution >= 0.6 is 0 Å². The lowest BCUT2D eigenvalue weighted by atomic mass is 9.99. The molecule has 1 N–H and O–H groups in total. The summed E-state index contributed by atoms with van der Waals surface area (Å²) in [5.41, 5.74) is 3.84. The number of ether oxygens (including phenoxy) is 1. The highest BCUT2D eigenvalue weighted by atomic mass is 16.5. The van der Waals surface area contributed by atoms with Crippen LogP contribution in [0.2, 0.25) is 0 Å². The summed E-state index contributed by atoms with van der Waals surface area (Å²) in [6.45, 7) is 6.29. The molecular formula is C22H24N2O2. The second-order valence-corrected chi connectivity index (χ2v) is 6.54. The van der Waals surface area contributed by atoms with E-state index in [1.54, 1.807) is 0 Å². The number of rotatable bonds is 6. The normalized spacial score (nSPS) is 12.0. The van der Waals surface area contributed by atoms with E-state index in [-0.39, 0.29) is 12.5 Å². The molecule has 0 aliphatic heterocycles. The van der Waals surface area contributed by atoms with E-state index in [0.717, 1.165) is 28.7 Å². The van der Waals surface area contributed by atoms with Crippen molar-refractivity contribution < 1.29 is 9.53 Å². The molecular weight excluding hydrogens is 324 g/mol. The Balaban J connectivity index is 1.63. The van der Waals surface area contributed by atoms with E-state index in [1.807, 2.05) is 49.4 Å². The van der Waals surface area contributed by atoms with Crippen LogP contribution in [-0.4, -0.2) is 17.5 Å². The van der Waals surface area contributed by atoms with Crippen LogP contribution in [0.15, 0.2) is 54.6 Å². The van der Waals surface area contributed by atoms with Gasteiger partial charge in [0.15, 0.2) is 6.61 Å². The molecule has 3 rings (SSSR count). The van der Waals surface area contributed by atoms with Crippen molar-refractivity contribution in [3.05, 3.63) is 65.9 Å². The average molecular weight is 348 g/mol. The number of hydrogen-bond donors (Lipinski definition) is 1. The van der Waals surface area contributed by atoms with Crippen LogP contribution in [0.3, 0.4) is 0 Å². The first-order chi connectivity index (χ1) is 12.6. The van der Waals surface area contributed by atoms with Crippen LogP contribution < -0.4 is 10.1 Å². The predicted molar refractivity (Wildman–Crippen MR) is 106 cm³/mol. The highest BCUT2D eigenvalue weighted by molar-refractivity contribution is 6.01. The lowest BCUT2D eigenvalue weighted by molar-refractivity contribution is -0.118. The van der Waals surface area contributed by atoms with Gasteiger partial charge in [0, 0.05) is 11.1 Å². The summed E-state index contributed by atoms with van der Waals surface area (Å²) in [4.78, 5) is 16.7. The van der Waals surface area contributed by atoms with Gasteiger partial charge < -0.3 is 10.1 Å². The minimum absolute atomic E-state index is 0.0294. The standard InChI is InChI=1S/C22H24N2O2/c1-4-15(2)17-9-11-18(12-10-17)26-14-22(25)24-21-7-5-6-20-19(21)13-8-16(3)23-20/h5-13,15H,4,14H2,1-3H3,(H,24,25)/t15-/m0/s1. The van der Waals surface area contributed by atoms with Crippen molar-refractivity contribution in [3.8, 4) is 5.75 Å². The molecule has 1 heterocycles. The number of carbonyl (C=O) groups excluding carboxylic acids is 1. The smallest absolute Gasteiger partial charge is 0.262 e. The number of aromatic nitrogens is 1. The van der Waals surface area contributed by atoms with Gasteiger partial charge in [-0.25, -0.2) is 0 Å². The third kappa shape index (κ3) is 4.20. The van der Waals surface area contributed by atoms with E-state index in [9.17, 15) is 4.79 Å². The number of fused-ring (bicyclic) bond motifs is 1. The molecule has 4 heteroatoms. The lowest BCUT2D eigenvalue weighted by Crippen LogP contribution is -2.20. The topological polar surface area (TPSA) is 51.2 Å². The summed E-state index contributed by atoms with van der Waals surface area (Å²) in [6, 6.07) is 17.6. The van der Waals surface area contributed by atoms with Gasteiger partial charge in [-0.3, -0.25) is 9.78 Å². The second kappa shape index (κ2) is 8.00. The highest BCUT2D eigenvalue weighted by Gasteiger charge is 2.08. The van der Waals surface area contributed by atoms with Crippen molar-refractivity contribution in [3.63, 3.8) is 0 Å². The molecule has 26 heavy (non-hydrogen) atoms. The van der Waals surface area contributed by atoms with Gasteiger partial charge in [0.2, 0.25) is 0 Å². The highest BCUT2D eigenvalue weighted by Crippen LogP contribution is 2.23. The van der Waals surface area contributed by atoms with Gasteiger partial charge in [-0.05, 0) is 61.2 Å². The molecule has 0 radical (unpaired) electrons. The quantitative estimate of drug-likeness (QED) is 0.676. The maximum Gasteiger partial charge on any atom is 0.262 e. The largest absolute Gasteiger partial charge is 0.484 e. The minimum atomic E-state index is -0.191. The Morgan fingerprint density at radius 3 is 2.62 bits per heavy atom. The predicted octanol–water partition coefficient (Wildman–Crippen LogP) is 5.07. The van der Waals surface area contributed by atoms with Crippen LogP contribution in [-0.2, 0) is 4.79 Å². The van der Waals surface area contributed by atoms with Crippen LogP contribution in [0, 0.1) is 6.92 Å². The summed E-state index contributed by atoms with van der Waals surface area (Å²) in [5, 5.41) is 3.83. The molecule has 0 aliphatic carbocycles. The van der Waals surface area contributed by atoms with Crippen molar-refractivity contribution in [1.29, 1.82) is 0 Å². The number of nitrogens with one attached hydrogen (secondary N) is 1. The number of anilines is 1. The Hall–Kier alpha value is -2.88. The molecule has 0 aliphatic rings. The minimum Gasteiger partial charge on any atom is -0.484 e. The number of hydrogen-bond acceptors (Lipinski definition) is 3. The number of nitrogens with zero attached hydrogens (tertiary/aromatic N) is 1. The number of aryl methyl sites for hydroxylation is 1. The Morgan fingerprint density at radius 1 is 1.12 bits per heavy atom. The van der Waals surface area contributed by atoms with Crippen molar-refractivity contribution >= 4 is 22.5 Å². The molecule has 134 valence electrons. The average Bonchev–Trinajstić information content (AvgIpc) is 2.66. The third-order valence-electron chi connectivity index (χ3n) is 4.58. The zero-order valence-corrected chi connectivity index (χ0v) is 15.5. The van der Waals surface area contributed by atoms with Crippen molar-refractivity contribution in [1.82, 2.24) is 4.98 Å². The summed E-state index contributed by atoms with van der Waals surface area (Å²) in [7, 11) is 0. The van der Waals surface area contributed by atoms with E-state index >= 15 is 0 Å². The van der Waals surface area contributed by atoms with Crippen LogP contribution in [0.5, 0.6) is 5.75 Å². The molecule has 0 spiro atoms. The molecule has 0 saturated carbocycles. The Kier molecular flexibility index (Phi) is 5.52.